The van der Waals surface area contributed by atoms with Gasteiger partial charge in [0.15, 0.2) is 0 Å². The maximum Gasteiger partial charge on any atom is 0.251 e. The van der Waals surface area contributed by atoms with Gasteiger partial charge in [0.1, 0.15) is 5.75 Å². The van der Waals surface area contributed by atoms with Gasteiger partial charge in [-0.05, 0) is 43.7 Å². The number of carbonyl (C=O) groups is 1. The molecule has 0 saturated carbocycles. The van der Waals surface area contributed by atoms with Crippen molar-refractivity contribution in [1.29, 1.82) is 0 Å². The maximum absolute atomic E-state index is 12.5. The van der Waals surface area contributed by atoms with Gasteiger partial charge in [-0.15, -0.1) is 0 Å². The van der Waals surface area contributed by atoms with Crippen LogP contribution in [0.3, 0.4) is 0 Å². The summed E-state index contributed by atoms with van der Waals surface area (Å²) in [7, 11) is -1.77. The molecule has 2 N–H and O–H groups in total. The van der Waals surface area contributed by atoms with Gasteiger partial charge >= 0.3 is 0 Å². The van der Waals surface area contributed by atoms with E-state index >= 15 is 0 Å². The zero-order valence-corrected chi connectivity index (χ0v) is 15.5. The lowest BCUT2D eigenvalue weighted by molar-refractivity contribution is 0.0939. The third-order valence-corrected chi connectivity index (χ3v) is 4.33. The Labute approximate surface area is 148 Å². The van der Waals surface area contributed by atoms with Crippen LogP contribution in [0.2, 0.25) is 0 Å². The Bertz CT molecular complexity index is 878. The number of para-hydroxylation sites is 1. The lowest BCUT2D eigenvalue weighted by Crippen LogP contribution is -2.27. The van der Waals surface area contributed by atoms with Gasteiger partial charge in [0.25, 0.3) is 5.91 Å². The zero-order valence-electron chi connectivity index (χ0n) is 14.7. The first kappa shape index (κ1) is 18.8. The van der Waals surface area contributed by atoms with Crippen LogP contribution >= 0.6 is 0 Å². The molecular formula is C18H22N2O4S. The maximum atomic E-state index is 12.5. The van der Waals surface area contributed by atoms with Crippen LogP contribution in [0.1, 0.15) is 34.5 Å². The molecule has 0 aliphatic carbocycles. The van der Waals surface area contributed by atoms with Gasteiger partial charge in [0.2, 0.25) is 10.0 Å². The van der Waals surface area contributed by atoms with Crippen LogP contribution in [0.5, 0.6) is 5.75 Å². The lowest BCUT2D eigenvalue weighted by atomic mass is 10.1. The first-order valence-electron chi connectivity index (χ1n) is 7.73. The summed E-state index contributed by atoms with van der Waals surface area (Å²) in [5, 5.41) is 2.92. The molecule has 25 heavy (non-hydrogen) atoms. The second-order valence-electron chi connectivity index (χ2n) is 5.84. The third kappa shape index (κ3) is 4.96. The molecule has 7 heteroatoms. The minimum atomic E-state index is -3.36. The van der Waals surface area contributed by atoms with Crippen molar-refractivity contribution in [1.82, 2.24) is 5.32 Å². The second-order valence-corrected chi connectivity index (χ2v) is 7.59. The van der Waals surface area contributed by atoms with Crippen molar-refractivity contribution < 1.29 is 17.9 Å². The topological polar surface area (TPSA) is 84.5 Å². The number of aryl methyl sites for hydroxylation is 1. The summed E-state index contributed by atoms with van der Waals surface area (Å²) in [5.74, 6) is 0.464. The summed E-state index contributed by atoms with van der Waals surface area (Å²) in [5.41, 5.74) is 2.46. The number of benzene rings is 2. The van der Waals surface area contributed by atoms with Gasteiger partial charge in [0, 0.05) is 11.1 Å². The number of hydrogen-bond acceptors (Lipinski definition) is 4. The van der Waals surface area contributed by atoms with Crippen LogP contribution in [0, 0.1) is 6.92 Å². The zero-order chi connectivity index (χ0) is 18.6. The smallest absolute Gasteiger partial charge is 0.251 e. The largest absolute Gasteiger partial charge is 0.496 e. The quantitative estimate of drug-likeness (QED) is 0.827. The molecule has 0 bridgehead atoms. The molecule has 134 valence electrons. The number of amides is 1. The summed E-state index contributed by atoms with van der Waals surface area (Å²) in [4.78, 5) is 12.5. The van der Waals surface area contributed by atoms with E-state index < -0.39 is 10.0 Å². The van der Waals surface area contributed by atoms with E-state index in [0.29, 0.717) is 22.6 Å². The number of methoxy groups -OCH3 is 1. The number of nitrogens with one attached hydrogen (secondary N) is 2. The third-order valence-electron chi connectivity index (χ3n) is 3.74. The van der Waals surface area contributed by atoms with E-state index in [1.165, 1.54) is 0 Å². The molecule has 0 heterocycles. The molecule has 0 spiro atoms. The fraction of sp³-hybridized carbons (Fsp3) is 0.278. The van der Waals surface area contributed by atoms with Crippen molar-refractivity contribution in [3.8, 4) is 5.75 Å². The molecule has 2 rings (SSSR count). The molecular weight excluding hydrogens is 340 g/mol. The van der Waals surface area contributed by atoms with Gasteiger partial charge in [-0.3, -0.25) is 9.52 Å². The molecule has 2 aromatic rings. The number of hydrogen-bond donors (Lipinski definition) is 2. The summed E-state index contributed by atoms with van der Waals surface area (Å²) in [6.07, 6.45) is 1.09. The van der Waals surface area contributed by atoms with Gasteiger partial charge < -0.3 is 10.1 Å². The van der Waals surface area contributed by atoms with Crippen molar-refractivity contribution >= 4 is 21.6 Å². The van der Waals surface area contributed by atoms with Crippen LogP contribution < -0.4 is 14.8 Å². The Balaban J connectivity index is 2.17. The fourth-order valence-corrected chi connectivity index (χ4v) is 3.13. The van der Waals surface area contributed by atoms with Crippen LogP contribution in [0.4, 0.5) is 5.69 Å². The van der Waals surface area contributed by atoms with Gasteiger partial charge in [-0.1, -0.05) is 18.2 Å². The predicted octanol–water partition coefficient (Wildman–Crippen LogP) is 2.87. The van der Waals surface area contributed by atoms with E-state index in [9.17, 15) is 13.2 Å². The molecule has 0 fully saturated rings. The van der Waals surface area contributed by atoms with Crippen molar-refractivity contribution in [3.05, 3.63) is 59.2 Å². The van der Waals surface area contributed by atoms with E-state index in [0.717, 1.165) is 11.8 Å². The summed E-state index contributed by atoms with van der Waals surface area (Å²) in [6, 6.07) is 12.1. The average Bonchev–Trinajstić information content (AvgIpc) is 2.55. The fourth-order valence-electron chi connectivity index (χ4n) is 2.50. The van der Waals surface area contributed by atoms with Crippen LogP contribution in [0.25, 0.3) is 0 Å². The average molecular weight is 362 g/mol. The molecule has 2 aromatic carbocycles. The van der Waals surface area contributed by atoms with Gasteiger partial charge in [0.05, 0.1) is 25.1 Å². The summed E-state index contributed by atoms with van der Waals surface area (Å²) >= 11 is 0. The van der Waals surface area contributed by atoms with Crippen molar-refractivity contribution in [2.75, 3.05) is 18.1 Å². The molecule has 0 aromatic heterocycles. The van der Waals surface area contributed by atoms with Crippen molar-refractivity contribution in [2.24, 2.45) is 0 Å². The van der Waals surface area contributed by atoms with Crippen LogP contribution in [-0.2, 0) is 10.0 Å². The Morgan fingerprint density at radius 3 is 2.44 bits per heavy atom. The standard InChI is InChI=1S/C18H22N2O4S/c1-12-11-14(9-10-16(12)20-25(4,22)23)18(21)19-13(2)15-7-5-6-8-17(15)24-3/h5-11,13,20H,1-4H3,(H,19,21)/t13-/m1/s1. The van der Waals surface area contributed by atoms with Crippen molar-refractivity contribution in [3.63, 3.8) is 0 Å². The van der Waals surface area contributed by atoms with E-state index in [-0.39, 0.29) is 11.9 Å². The number of ether oxygens (including phenoxy) is 1. The first-order valence-corrected chi connectivity index (χ1v) is 9.62. The summed E-state index contributed by atoms with van der Waals surface area (Å²) < 4.78 is 30.4. The SMILES string of the molecule is COc1ccccc1[C@@H](C)NC(=O)c1ccc(NS(C)(=O)=O)c(C)c1. The first-order chi connectivity index (χ1) is 11.7. The van der Waals surface area contributed by atoms with E-state index in [4.69, 9.17) is 4.74 Å². The highest BCUT2D eigenvalue weighted by molar-refractivity contribution is 7.92. The number of sulfonamides is 1. The highest BCUT2D eigenvalue weighted by Gasteiger charge is 2.16. The minimum absolute atomic E-state index is 0.238. The molecule has 0 unspecified atom stereocenters. The number of anilines is 1. The monoisotopic (exact) mass is 362 g/mol. The van der Waals surface area contributed by atoms with Gasteiger partial charge in [-0.2, -0.15) is 0 Å². The van der Waals surface area contributed by atoms with E-state index in [1.807, 2.05) is 31.2 Å². The number of rotatable bonds is 6. The Morgan fingerprint density at radius 1 is 1.16 bits per heavy atom. The Morgan fingerprint density at radius 2 is 1.84 bits per heavy atom. The van der Waals surface area contributed by atoms with Gasteiger partial charge in [-0.25, -0.2) is 8.42 Å². The Kier molecular flexibility index (Phi) is 5.69. The van der Waals surface area contributed by atoms with E-state index in [2.05, 4.69) is 10.0 Å². The lowest BCUT2D eigenvalue weighted by Gasteiger charge is -2.17. The highest BCUT2D eigenvalue weighted by Crippen LogP contribution is 2.25. The van der Waals surface area contributed by atoms with E-state index in [1.54, 1.807) is 32.2 Å². The molecule has 0 saturated heterocycles. The molecule has 1 amide bonds. The molecule has 0 radical (unpaired) electrons. The molecule has 0 aliphatic rings. The Hall–Kier alpha value is -2.54. The summed E-state index contributed by atoms with van der Waals surface area (Å²) in [6.45, 7) is 3.62. The van der Waals surface area contributed by atoms with Crippen molar-refractivity contribution in [2.45, 2.75) is 19.9 Å². The highest BCUT2D eigenvalue weighted by atomic mass is 32.2. The minimum Gasteiger partial charge on any atom is -0.496 e. The molecule has 0 aliphatic heterocycles. The van der Waals surface area contributed by atoms with Crippen LogP contribution in [-0.4, -0.2) is 27.7 Å². The normalized spacial score (nSPS) is 12.3. The second kappa shape index (κ2) is 7.57. The molecule has 1 atom stereocenters. The predicted molar refractivity (Wildman–Crippen MR) is 98.5 cm³/mol. The number of carbonyl (C=O) groups excluding carboxylic acids is 1. The molecule has 6 nitrogen and oxygen atoms in total. The van der Waals surface area contributed by atoms with Crippen LogP contribution in [0.15, 0.2) is 42.5 Å².